The first-order valence-electron chi connectivity index (χ1n) is 10.5. The van der Waals surface area contributed by atoms with Gasteiger partial charge >= 0.3 is 0 Å². The van der Waals surface area contributed by atoms with E-state index in [-0.39, 0.29) is 0 Å². The molecular formula is C23H25N7O. The maximum Gasteiger partial charge on any atom is 0.200 e. The standard InChI is InChI=1S/C23H25N7O/c1-31-20-6-4-18(5-7-20)21-13-22(23-27-25-16-30(23)28-21)26-19-8-11-29(12-9-19)15-17-3-2-10-24-14-17/h2-7,10,13-14,16,19,26H,8-9,11-12,15H2,1H3. The van der Waals surface area contributed by atoms with E-state index in [1.165, 1.54) is 5.56 Å². The van der Waals surface area contributed by atoms with E-state index in [2.05, 4.69) is 42.6 Å². The third-order valence-corrected chi connectivity index (χ3v) is 5.73. The summed E-state index contributed by atoms with van der Waals surface area (Å²) in [5.41, 5.74) is 4.86. The second-order valence-corrected chi connectivity index (χ2v) is 7.83. The first kappa shape index (κ1) is 19.4. The molecule has 0 bridgehead atoms. The third-order valence-electron chi connectivity index (χ3n) is 5.73. The Morgan fingerprint density at radius 2 is 1.97 bits per heavy atom. The molecule has 0 aliphatic carbocycles. The van der Waals surface area contributed by atoms with Crippen molar-refractivity contribution in [2.24, 2.45) is 0 Å². The Bertz CT molecular complexity index is 1140. The first-order valence-corrected chi connectivity index (χ1v) is 10.5. The Balaban J connectivity index is 1.30. The summed E-state index contributed by atoms with van der Waals surface area (Å²) in [6.45, 7) is 3.05. The lowest BCUT2D eigenvalue weighted by Gasteiger charge is -2.32. The van der Waals surface area contributed by atoms with Crippen molar-refractivity contribution in [3.63, 3.8) is 0 Å². The number of ether oxygens (including phenoxy) is 1. The number of benzene rings is 1. The zero-order valence-electron chi connectivity index (χ0n) is 17.5. The van der Waals surface area contributed by atoms with Gasteiger partial charge in [-0.1, -0.05) is 6.07 Å². The molecule has 0 unspecified atom stereocenters. The largest absolute Gasteiger partial charge is 0.497 e. The minimum atomic E-state index is 0.386. The number of rotatable bonds is 6. The van der Waals surface area contributed by atoms with Crippen molar-refractivity contribution in [1.29, 1.82) is 0 Å². The topological polar surface area (TPSA) is 80.5 Å². The average Bonchev–Trinajstić information content (AvgIpc) is 3.30. The van der Waals surface area contributed by atoms with Crippen molar-refractivity contribution in [1.82, 2.24) is 29.7 Å². The van der Waals surface area contributed by atoms with E-state index in [0.29, 0.717) is 6.04 Å². The van der Waals surface area contributed by atoms with Gasteiger partial charge in [0.05, 0.1) is 18.5 Å². The van der Waals surface area contributed by atoms with Crippen LogP contribution in [0.15, 0.2) is 61.2 Å². The van der Waals surface area contributed by atoms with Crippen molar-refractivity contribution >= 4 is 11.3 Å². The molecule has 4 heterocycles. The van der Waals surface area contributed by atoms with E-state index in [9.17, 15) is 0 Å². The van der Waals surface area contributed by atoms with Gasteiger partial charge < -0.3 is 10.1 Å². The molecule has 1 N–H and O–H groups in total. The van der Waals surface area contributed by atoms with Crippen LogP contribution in [0.2, 0.25) is 0 Å². The van der Waals surface area contributed by atoms with Gasteiger partial charge in [-0.3, -0.25) is 9.88 Å². The monoisotopic (exact) mass is 415 g/mol. The van der Waals surface area contributed by atoms with Crippen molar-refractivity contribution in [2.75, 3.05) is 25.5 Å². The maximum absolute atomic E-state index is 5.27. The van der Waals surface area contributed by atoms with Gasteiger partial charge in [-0.05, 0) is 54.8 Å². The Morgan fingerprint density at radius 3 is 2.71 bits per heavy atom. The Hall–Kier alpha value is -3.52. The normalized spacial score (nSPS) is 15.3. The predicted octanol–water partition coefficient (Wildman–Crippen LogP) is 3.27. The molecule has 8 nitrogen and oxygen atoms in total. The van der Waals surface area contributed by atoms with Crippen LogP contribution in [0, 0.1) is 0 Å². The number of fused-ring (bicyclic) bond motifs is 1. The highest BCUT2D eigenvalue weighted by Crippen LogP contribution is 2.27. The van der Waals surface area contributed by atoms with Crippen molar-refractivity contribution in [2.45, 2.75) is 25.4 Å². The summed E-state index contributed by atoms with van der Waals surface area (Å²) in [6, 6.07) is 14.5. The van der Waals surface area contributed by atoms with Crippen LogP contribution in [0.5, 0.6) is 5.75 Å². The molecule has 1 saturated heterocycles. The van der Waals surface area contributed by atoms with Gasteiger partial charge in [0.15, 0.2) is 0 Å². The van der Waals surface area contributed by atoms with Gasteiger partial charge in [-0.25, -0.2) is 0 Å². The Labute approximate surface area is 180 Å². The van der Waals surface area contributed by atoms with Crippen LogP contribution in [-0.4, -0.2) is 55.9 Å². The number of pyridine rings is 1. The molecule has 0 atom stereocenters. The SMILES string of the molecule is COc1ccc(-c2cc(NC3CCN(Cc4cccnc4)CC3)c3nncn3n2)cc1. The Morgan fingerprint density at radius 1 is 1.13 bits per heavy atom. The van der Waals surface area contributed by atoms with Gasteiger partial charge in [0.25, 0.3) is 0 Å². The molecule has 5 rings (SSSR count). The second-order valence-electron chi connectivity index (χ2n) is 7.83. The molecule has 1 aliphatic heterocycles. The Kier molecular flexibility index (Phi) is 5.45. The van der Waals surface area contributed by atoms with Crippen LogP contribution < -0.4 is 10.1 Å². The highest BCUT2D eigenvalue weighted by atomic mass is 16.5. The summed E-state index contributed by atoms with van der Waals surface area (Å²) >= 11 is 0. The zero-order chi connectivity index (χ0) is 21.0. The van der Waals surface area contributed by atoms with E-state index < -0.39 is 0 Å². The second kappa shape index (κ2) is 8.69. The van der Waals surface area contributed by atoms with Crippen molar-refractivity contribution in [3.05, 3.63) is 66.7 Å². The van der Waals surface area contributed by atoms with Crippen LogP contribution in [0.3, 0.4) is 0 Å². The van der Waals surface area contributed by atoms with Crippen LogP contribution in [0.1, 0.15) is 18.4 Å². The molecule has 1 aliphatic rings. The van der Waals surface area contributed by atoms with Crippen molar-refractivity contribution < 1.29 is 4.74 Å². The number of hydrogen-bond donors (Lipinski definition) is 1. The van der Waals surface area contributed by atoms with Crippen LogP contribution in [0.25, 0.3) is 16.9 Å². The zero-order valence-corrected chi connectivity index (χ0v) is 17.5. The number of piperidine rings is 1. The van der Waals surface area contributed by atoms with Gasteiger partial charge in [-0.15, -0.1) is 10.2 Å². The number of likely N-dealkylation sites (tertiary alicyclic amines) is 1. The van der Waals surface area contributed by atoms with Gasteiger partial charge in [-0.2, -0.15) is 9.61 Å². The number of hydrogen-bond acceptors (Lipinski definition) is 7. The highest BCUT2D eigenvalue weighted by Gasteiger charge is 2.21. The summed E-state index contributed by atoms with van der Waals surface area (Å²) in [5, 5.41) is 16.7. The first-order chi connectivity index (χ1) is 15.3. The van der Waals surface area contributed by atoms with Crippen molar-refractivity contribution in [3.8, 4) is 17.0 Å². The lowest BCUT2D eigenvalue weighted by atomic mass is 10.0. The highest BCUT2D eigenvalue weighted by molar-refractivity contribution is 5.73. The summed E-state index contributed by atoms with van der Waals surface area (Å²) in [5.74, 6) is 0.825. The van der Waals surface area contributed by atoms with Gasteiger partial charge in [0.1, 0.15) is 12.1 Å². The molecule has 0 saturated carbocycles. The molecule has 0 spiro atoms. The smallest absolute Gasteiger partial charge is 0.200 e. The number of anilines is 1. The molecule has 1 aromatic carbocycles. The van der Waals surface area contributed by atoms with Crippen LogP contribution in [0.4, 0.5) is 5.69 Å². The average molecular weight is 416 g/mol. The van der Waals surface area contributed by atoms with E-state index in [0.717, 1.165) is 60.8 Å². The predicted molar refractivity (Wildman–Crippen MR) is 119 cm³/mol. The molecule has 0 radical (unpaired) electrons. The van der Waals surface area contributed by atoms with E-state index in [1.54, 1.807) is 18.0 Å². The molecule has 1 fully saturated rings. The molecule has 158 valence electrons. The number of aromatic nitrogens is 5. The maximum atomic E-state index is 5.27. The molecule has 8 heteroatoms. The lowest BCUT2D eigenvalue weighted by Crippen LogP contribution is -2.38. The summed E-state index contributed by atoms with van der Waals surface area (Å²) < 4.78 is 7.00. The third kappa shape index (κ3) is 4.34. The summed E-state index contributed by atoms with van der Waals surface area (Å²) in [6.07, 6.45) is 7.55. The van der Waals surface area contributed by atoms with Gasteiger partial charge in [0.2, 0.25) is 5.65 Å². The van der Waals surface area contributed by atoms with Crippen LogP contribution >= 0.6 is 0 Å². The number of nitrogens with one attached hydrogen (secondary N) is 1. The van der Waals surface area contributed by atoms with Gasteiger partial charge in [0, 0.05) is 43.6 Å². The summed E-state index contributed by atoms with van der Waals surface area (Å²) in [7, 11) is 1.67. The molecule has 31 heavy (non-hydrogen) atoms. The fourth-order valence-corrected chi connectivity index (χ4v) is 4.04. The quantitative estimate of drug-likeness (QED) is 0.518. The van der Waals surface area contributed by atoms with E-state index >= 15 is 0 Å². The number of methoxy groups -OCH3 is 1. The minimum absolute atomic E-state index is 0.386. The minimum Gasteiger partial charge on any atom is -0.497 e. The molecule has 3 aromatic heterocycles. The molecule has 4 aromatic rings. The molecule has 0 amide bonds. The fourth-order valence-electron chi connectivity index (χ4n) is 4.04. The lowest BCUT2D eigenvalue weighted by molar-refractivity contribution is 0.211. The molecular weight excluding hydrogens is 390 g/mol. The summed E-state index contributed by atoms with van der Waals surface area (Å²) in [4.78, 5) is 6.70. The number of nitrogens with zero attached hydrogens (tertiary/aromatic N) is 6. The van der Waals surface area contributed by atoms with Crippen LogP contribution in [-0.2, 0) is 6.54 Å². The van der Waals surface area contributed by atoms with E-state index in [4.69, 9.17) is 4.74 Å². The van der Waals surface area contributed by atoms with E-state index in [1.807, 2.05) is 42.7 Å². The fraction of sp³-hybridized carbons (Fsp3) is 0.304.